The van der Waals surface area contributed by atoms with Crippen LogP contribution in [0, 0.1) is 0 Å². The summed E-state index contributed by atoms with van der Waals surface area (Å²) < 4.78 is 11.2. The molecule has 1 amide bonds. The highest BCUT2D eigenvalue weighted by Gasteiger charge is 2.44. The fourth-order valence-corrected chi connectivity index (χ4v) is 7.57. The number of aliphatic hydroxyl groups excluding tert-OH is 5. The molecule has 326 valence electrons. The van der Waals surface area contributed by atoms with Gasteiger partial charge in [0, 0.05) is 6.42 Å². The lowest BCUT2D eigenvalue weighted by Gasteiger charge is -2.40. The van der Waals surface area contributed by atoms with Gasteiger partial charge in [0.2, 0.25) is 5.91 Å². The molecule has 1 fully saturated rings. The molecule has 9 heteroatoms. The van der Waals surface area contributed by atoms with Gasteiger partial charge in [-0.1, -0.05) is 206 Å². The number of aliphatic hydroxyl groups is 5. The Labute approximate surface area is 337 Å². The van der Waals surface area contributed by atoms with Gasteiger partial charge in [0.15, 0.2) is 6.29 Å². The van der Waals surface area contributed by atoms with Crippen LogP contribution < -0.4 is 5.32 Å². The van der Waals surface area contributed by atoms with E-state index in [0.717, 1.165) is 38.5 Å². The van der Waals surface area contributed by atoms with Crippen LogP contribution in [0.4, 0.5) is 0 Å². The molecule has 6 N–H and O–H groups in total. The third-order valence-electron chi connectivity index (χ3n) is 11.4. The fourth-order valence-electron chi connectivity index (χ4n) is 7.57. The second-order valence-electron chi connectivity index (χ2n) is 16.6. The van der Waals surface area contributed by atoms with Crippen molar-refractivity contribution in [2.24, 2.45) is 0 Å². The van der Waals surface area contributed by atoms with Gasteiger partial charge in [-0.25, -0.2) is 0 Å². The zero-order chi connectivity index (χ0) is 40.2. The predicted octanol–water partition coefficient (Wildman–Crippen LogP) is 9.73. The zero-order valence-electron chi connectivity index (χ0n) is 35.7. The number of ether oxygens (including phenoxy) is 2. The second kappa shape index (κ2) is 37.2. The Kier molecular flexibility index (Phi) is 35.2. The number of amides is 1. The standard InChI is InChI=1S/C46H89NO8/c1-3-5-7-9-11-13-15-16-17-18-19-20-21-22-23-24-26-28-30-32-34-36-42(50)47-39(38-54-46-45(53)44(52)43(51)41(37-48)55-46)40(49)35-33-31-29-27-25-14-12-10-8-6-4-2/h33,35,39-41,43-46,48-49,51-53H,3-32,34,36-38H2,1-2H3,(H,47,50)/b35-33+/t39-,40+,41-,43-,44?,45?,46-/m0/s1. The topological polar surface area (TPSA) is 149 Å². The first-order chi connectivity index (χ1) is 26.8. The molecule has 0 spiro atoms. The van der Waals surface area contributed by atoms with Gasteiger partial charge in [-0.15, -0.1) is 0 Å². The lowest BCUT2D eigenvalue weighted by atomic mass is 9.99. The highest BCUT2D eigenvalue weighted by molar-refractivity contribution is 5.76. The molecule has 0 bridgehead atoms. The minimum atomic E-state index is -1.56. The Hall–Kier alpha value is -1.07. The highest BCUT2D eigenvalue weighted by Crippen LogP contribution is 2.23. The number of carbonyl (C=O) groups excluding carboxylic acids is 1. The van der Waals surface area contributed by atoms with Gasteiger partial charge in [0.25, 0.3) is 0 Å². The van der Waals surface area contributed by atoms with Gasteiger partial charge in [-0.2, -0.15) is 0 Å². The van der Waals surface area contributed by atoms with Gasteiger partial charge >= 0.3 is 0 Å². The van der Waals surface area contributed by atoms with Crippen LogP contribution in [0.25, 0.3) is 0 Å². The van der Waals surface area contributed by atoms with Crippen LogP contribution in [0.1, 0.15) is 219 Å². The first-order valence-corrected chi connectivity index (χ1v) is 23.4. The van der Waals surface area contributed by atoms with Crippen molar-refractivity contribution in [2.75, 3.05) is 13.2 Å². The largest absolute Gasteiger partial charge is 0.394 e. The van der Waals surface area contributed by atoms with Crippen LogP contribution in [0.5, 0.6) is 0 Å². The number of hydrogen-bond donors (Lipinski definition) is 6. The maximum absolute atomic E-state index is 12.9. The van der Waals surface area contributed by atoms with Crippen LogP contribution >= 0.6 is 0 Å². The number of rotatable bonds is 39. The van der Waals surface area contributed by atoms with E-state index < -0.39 is 49.5 Å². The van der Waals surface area contributed by atoms with Crippen LogP contribution in [-0.2, 0) is 14.3 Å². The normalized spacial score (nSPS) is 21.3. The number of nitrogens with one attached hydrogen (secondary N) is 1. The van der Waals surface area contributed by atoms with E-state index in [0.29, 0.717) is 6.42 Å². The number of carbonyl (C=O) groups is 1. The van der Waals surface area contributed by atoms with Crippen molar-refractivity contribution in [3.8, 4) is 0 Å². The van der Waals surface area contributed by atoms with Gasteiger partial charge in [-0.05, 0) is 19.3 Å². The molecule has 1 aliphatic rings. The summed E-state index contributed by atoms with van der Waals surface area (Å²) in [6, 6.07) is -0.797. The van der Waals surface area contributed by atoms with E-state index in [2.05, 4.69) is 19.2 Å². The van der Waals surface area contributed by atoms with Gasteiger partial charge in [-0.3, -0.25) is 4.79 Å². The average molecular weight is 784 g/mol. The summed E-state index contributed by atoms with van der Waals surface area (Å²) >= 11 is 0. The summed E-state index contributed by atoms with van der Waals surface area (Å²) in [5.74, 6) is -0.174. The van der Waals surface area contributed by atoms with Crippen LogP contribution in [0.15, 0.2) is 12.2 Å². The molecule has 1 saturated heterocycles. The molecule has 0 aromatic heterocycles. The summed E-state index contributed by atoms with van der Waals surface area (Å²) in [7, 11) is 0. The van der Waals surface area contributed by atoms with E-state index in [-0.39, 0.29) is 12.5 Å². The summed E-state index contributed by atoms with van der Waals surface area (Å²) in [6.07, 6.45) is 35.5. The minimum absolute atomic E-state index is 0.174. The minimum Gasteiger partial charge on any atom is -0.394 e. The van der Waals surface area contributed by atoms with E-state index in [1.165, 1.54) is 161 Å². The molecule has 55 heavy (non-hydrogen) atoms. The van der Waals surface area contributed by atoms with Crippen molar-refractivity contribution in [2.45, 2.75) is 262 Å². The Morgan fingerprint density at radius 2 is 1.00 bits per heavy atom. The maximum Gasteiger partial charge on any atom is 0.220 e. The Bertz CT molecular complexity index is 873. The smallest absolute Gasteiger partial charge is 0.220 e. The number of unbranched alkanes of at least 4 members (excludes halogenated alkanes) is 29. The van der Waals surface area contributed by atoms with Crippen molar-refractivity contribution < 1.29 is 39.8 Å². The summed E-state index contributed by atoms with van der Waals surface area (Å²) in [5, 5.41) is 54.1. The van der Waals surface area contributed by atoms with Crippen LogP contribution in [0.3, 0.4) is 0 Å². The quantitative estimate of drug-likeness (QED) is 0.0267. The van der Waals surface area contributed by atoms with E-state index in [1.54, 1.807) is 6.08 Å². The molecule has 1 heterocycles. The maximum atomic E-state index is 12.9. The van der Waals surface area contributed by atoms with Crippen molar-refractivity contribution in [1.82, 2.24) is 5.32 Å². The first kappa shape index (κ1) is 51.9. The van der Waals surface area contributed by atoms with E-state index >= 15 is 0 Å². The molecule has 0 aliphatic carbocycles. The lowest BCUT2D eigenvalue weighted by Crippen LogP contribution is -2.60. The van der Waals surface area contributed by atoms with E-state index in [9.17, 15) is 30.3 Å². The molecule has 0 aromatic carbocycles. The molecule has 9 nitrogen and oxygen atoms in total. The first-order valence-electron chi connectivity index (χ1n) is 23.4. The van der Waals surface area contributed by atoms with Crippen LogP contribution in [0.2, 0.25) is 0 Å². The number of allylic oxidation sites excluding steroid dienone is 1. The van der Waals surface area contributed by atoms with Crippen molar-refractivity contribution in [3.63, 3.8) is 0 Å². The molecule has 7 atom stereocenters. The zero-order valence-corrected chi connectivity index (χ0v) is 35.7. The molecule has 0 saturated carbocycles. The van der Waals surface area contributed by atoms with Gasteiger partial charge < -0.3 is 40.3 Å². The predicted molar refractivity (Wildman–Crippen MR) is 226 cm³/mol. The van der Waals surface area contributed by atoms with Gasteiger partial charge in [0.1, 0.15) is 24.4 Å². The SMILES string of the molecule is CCCCCCCCCCC/C=C/[C@@H](O)[C@H](CO[C@H]1O[C@@H](CO)[C@H](O)C(O)C1O)NC(=O)CCCCCCCCCCCCCCCCCCCCCCC. The summed E-state index contributed by atoms with van der Waals surface area (Å²) in [4.78, 5) is 12.9. The Balaban J connectivity index is 2.27. The van der Waals surface area contributed by atoms with Crippen LogP contribution in [-0.4, -0.2) is 87.5 Å². The highest BCUT2D eigenvalue weighted by atomic mass is 16.7. The molecule has 0 radical (unpaired) electrons. The Morgan fingerprint density at radius 3 is 1.42 bits per heavy atom. The summed E-state index contributed by atoms with van der Waals surface area (Å²) in [5.41, 5.74) is 0. The van der Waals surface area contributed by atoms with Crippen molar-refractivity contribution in [3.05, 3.63) is 12.2 Å². The van der Waals surface area contributed by atoms with Crippen molar-refractivity contribution in [1.29, 1.82) is 0 Å². The third kappa shape index (κ3) is 28.1. The lowest BCUT2D eigenvalue weighted by molar-refractivity contribution is -0.302. The average Bonchev–Trinajstić information content (AvgIpc) is 3.18. The molecule has 1 rings (SSSR count). The Morgan fingerprint density at radius 1 is 0.600 bits per heavy atom. The fraction of sp³-hybridized carbons (Fsp3) is 0.935. The summed E-state index contributed by atoms with van der Waals surface area (Å²) in [6.45, 7) is 3.77. The van der Waals surface area contributed by atoms with E-state index in [1.807, 2.05) is 6.08 Å². The number of hydrogen-bond acceptors (Lipinski definition) is 8. The molecule has 1 aliphatic heterocycles. The van der Waals surface area contributed by atoms with Crippen molar-refractivity contribution >= 4 is 5.91 Å². The monoisotopic (exact) mass is 784 g/mol. The molecular weight excluding hydrogens is 695 g/mol. The van der Waals surface area contributed by atoms with Gasteiger partial charge in [0.05, 0.1) is 25.4 Å². The third-order valence-corrected chi connectivity index (χ3v) is 11.4. The van der Waals surface area contributed by atoms with E-state index in [4.69, 9.17) is 9.47 Å². The second-order valence-corrected chi connectivity index (χ2v) is 16.6. The molecule has 2 unspecified atom stereocenters. The molecule has 0 aromatic rings. The molecular formula is C46H89NO8.